The fraction of sp³-hybridized carbons (Fsp3) is 0.364. The van der Waals surface area contributed by atoms with E-state index in [1.54, 1.807) is 14.2 Å². The van der Waals surface area contributed by atoms with Gasteiger partial charge in [0.2, 0.25) is 0 Å². The Balaban J connectivity index is 2.90. The third kappa shape index (κ3) is 2.39. The number of nitrogens with two attached hydrogens (primary N) is 1. The highest BCUT2D eigenvalue weighted by molar-refractivity contribution is 5.46. The van der Waals surface area contributed by atoms with Crippen molar-refractivity contribution in [1.82, 2.24) is 0 Å². The molecule has 0 bridgehead atoms. The minimum absolute atomic E-state index is 0.786. The third-order valence-corrected chi connectivity index (χ3v) is 2.10. The standard InChI is InChI=1S/C11H17NO2/c1-12-8-7-9-5-4-6-10(13-2)11(9)14-3/h4-6H,1,7-8,12H2,2-3H3. The molecule has 3 nitrogen and oxygen atoms in total. The molecule has 0 radical (unpaired) electrons. The zero-order valence-electron chi connectivity index (χ0n) is 8.75. The van der Waals surface area contributed by atoms with Gasteiger partial charge in [-0.15, -0.1) is 0 Å². The first-order valence-electron chi connectivity index (χ1n) is 4.64. The van der Waals surface area contributed by atoms with Gasteiger partial charge in [0.15, 0.2) is 11.5 Å². The van der Waals surface area contributed by atoms with Gasteiger partial charge in [-0.3, -0.25) is 0 Å². The minimum atomic E-state index is 0.786. The van der Waals surface area contributed by atoms with Crippen LogP contribution in [0.2, 0.25) is 0 Å². The molecule has 0 fully saturated rings. The highest BCUT2D eigenvalue weighted by Crippen LogP contribution is 2.30. The number of hydrogen-bond acceptors (Lipinski definition) is 2. The maximum absolute atomic E-state index is 5.31. The van der Waals surface area contributed by atoms with Crippen molar-refractivity contribution in [3.8, 4) is 11.5 Å². The molecule has 1 aromatic carbocycles. The third-order valence-electron chi connectivity index (χ3n) is 2.10. The first-order chi connectivity index (χ1) is 6.83. The molecule has 3 heteroatoms. The van der Waals surface area contributed by atoms with E-state index in [1.165, 1.54) is 0 Å². The predicted molar refractivity (Wildman–Crippen MR) is 55.4 cm³/mol. The Bertz CT molecular complexity index is 287. The molecule has 78 valence electrons. The molecule has 0 saturated carbocycles. The summed E-state index contributed by atoms with van der Waals surface area (Å²) < 4.78 is 10.5. The van der Waals surface area contributed by atoms with Gasteiger partial charge in [0, 0.05) is 12.0 Å². The molecule has 0 aliphatic carbocycles. The van der Waals surface area contributed by atoms with Crippen molar-refractivity contribution in [1.29, 1.82) is 0 Å². The Morgan fingerprint density at radius 3 is 2.64 bits per heavy atom. The Morgan fingerprint density at radius 2 is 2.07 bits per heavy atom. The fourth-order valence-corrected chi connectivity index (χ4v) is 1.41. The van der Waals surface area contributed by atoms with Crippen LogP contribution in [0.15, 0.2) is 18.2 Å². The Kier molecular flexibility index (Phi) is 4.26. The first kappa shape index (κ1) is 10.9. The molecular formula is C11H17NO2. The van der Waals surface area contributed by atoms with Gasteiger partial charge in [0.05, 0.1) is 20.8 Å². The van der Waals surface area contributed by atoms with Crippen LogP contribution in [0.5, 0.6) is 11.5 Å². The Labute approximate surface area is 85.0 Å². The number of quaternary nitrogens is 1. The van der Waals surface area contributed by atoms with Crippen molar-refractivity contribution >= 4 is 0 Å². The quantitative estimate of drug-likeness (QED) is 0.698. The molecule has 2 N–H and O–H groups in total. The molecule has 0 amide bonds. The highest BCUT2D eigenvalue weighted by Gasteiger charge is 2.08. The molecule has 1 aromatic rings. The van der Waals surface area contributed by atoms with Crippen molar-refractivity contribution in [2.45, 2.75) is 6.42 Å². The average Bonchev–Trinajstić information content (AvgIpc) is 2.25. The lowest BCUT2D eigenvalue weighted by molar-refractivity contribution is -0.594. The van der Waals surface area contributed by atoms with Crippen LogP contribution < -0.4 is 14.8 Å². The molecule has 0 spiro atoms. The summed E-state index contributed by atoms with van der Waals surface area (Å²) in [7, 11) is 7.01. The van der Waals surface area contributed by atoms with E-state index in [-0.39, 0.29) is 0 Å². The maximum Gasteiger partial charge on any atom is 0.164 e. The van der Waals surface area contributed by atoms with E-state index in [4.69, 9.17) is 9.47 Å². The minimum Gasteiger partial charge on any atom is -0.493 e. The number of rotatable bonds is 5. The monoisotopic (exact) mass is 195 g/mol. The van der Waals surface area contributed by atoms with Crippen LogP contribution in [0.25, 0.3) is 0 Å². The second-order valence-electron chi connectivity index (χ2n) is 2.98. The van der Waals surface area contributed by atoms with Crippen molar-refractivity contribution < 1.29 is 14.8 Å². The molecule has 0 aromatic heterocycles. The van der Waals surface area contributed by atoms with Crippen molar-refractivity contribution in [3.63, 3.8) is 0 Å². The summed E-state index contributed by atoms with van der Waals surface area (Å²) >= 11 is 0. The summed E-state index contributed by atoms with van der Waals surface area (Å²) in [6.45, 7) is 0.948. The lowest BCUT2D eigenvalue weighted by Crippen LogP contribution is -2.77. The van der Waals surface area contributed by atoms with Crippen LogP contribution in [-0.4, -0.2) is 20.8 Å². The largest absolute Gasteiger partial charge is 0.493 e. The summed E-state index contributed by atoms with van der Waals surface area (Å²) in [5, 5.41) is 1.90. The average molecular weight is 195 g/mol. The smallest absolute Gasteiger partial charge is 0.164 e. The van der Waals surface area contributed by atoms with Crippen molar-refractivity contribution in [2.24, 2.45) is 0 Å². The normalized spacial score (nSPS) is 9.93. The number of hydrogen-bond donors (Lipinski definition) is 1. The van der Waals surface area contributed by atoms with E-state index >= 15 is 0 Å². The van der Waals surface area contributed by atoms with E-state index in [0.29, 0.717) is 0 Å². The molecule has 0 aliphatic heterocycles. The number of benzene rings is 1. The summed E-state index contributed by atoms with van der Waals surface area (Å²) in [5.74, 6) is 1.62. The van der Waals surface area contributed by atoms with Gasteiger partial charge < -0.3 is 14.8 Å². The highest BCUT2D eigenvalue weighted by atomic mass is 16.5. The van der Waals surface area contributed by atoms with Crippen LogP contribution in [0.1, 0.15) is 5.56 Å². The van der Waals surface area contributed by atoms with Gasteiger partial charge >= 0.3 is 0 Å². The van der Waals surface area contributed by atoms with Crippen molar-refractivity contribution in [2.75, 3.05) is 20.8 Å². The van der Waals surface area contributed by atoms with Gasteiger partial charge in [0.25, 0.3) is 0 Å². The van der Waals surface area contributed by atoms with E-state index in [9.17, 15) is 0 Å². The molecule has 14 heavy (non-hydrogen) atoms. The SMILES string of the molecule is [CH2-][NH2+]CCc1cccc(OC)c1OC. The summed E-state index contributed by atoms with van der Waals surface area (Å²) in [6.07, 6.45) is 0.934. The van der Waals surface area contributed by atoms with E-state index in [1.807, 2.05) is 23.5 Å². The van der Waals surface area contributed by atoms with E-state index < -0.39 is 0 Å². The van der Waals surface area contributed by atoms with Crippen LogP contribution in [-0.2, 0) is 6.42 Å². The van der Waals surface area contributed by atoms with E-state index in [2.05, 4.69) is 7.05 Å². The van der Waals surface area contributed by atoms with Gasteiger partial charge in [-0.2, -0.15) is 7.05 Å². The molecule has 0 aliphatic rings. The number of methoxy groups -OCH3 is 2. The second-order valence-corrected chi connectivity index (χ2v) is 2.98. The fourth-order valence-electron chi connectivity index (χ4n) is 1.41. The lowest BCUT2D eigenvalue weighted by atomic mass is 10.1. The zero-order valence-corrected chi connectivity index (χ0v) is 8.75. The Hall–Kier alpha value is -1.22. The molecular weight excluding hydrogens is 178 g/mol. The zero-order chi connectivity index (χ0) is 10.4. The van der Waals surface area contributed by atoms with Gasteiger partial charge in [0.1, 0.15) is 0 Å². The molecule has 0 unspecified atom stereocenters. The predicted octanol–water partition coefficient (Wildman–Crippen LogP) is 0.601. The summed E-state index contributed by atoms with van der Waals surface area (Å²) in [6, 6.07) is 5.92. The van der Waals surface area contributed by atoms with Crippen LogP contribution in [0.4, 0.5) is 0 Å². The first-order valence-corrected chi connectivity index (χ1v) is 4.64. The second kappa shape index (κ2) is 5.50. The van der Waals surface area contributed by atoms with Crippen molar-refractivity contribution in [3.05, 3.63) is 30.8 Å². The summed E-state index contributed by atoms with van der Waals surface area (Å²) in [4.78, 5) is 0. The van der Waals surface area contributed by atoms with Gasteiger partial charge in [-0.1, -0.05) is 12.1 Å². The molecule has 0 saturated heterocycles. The lowest BCUT2D eigenvalue weighted by Gasteiger charge is -2.11. The number of para-hydroxylation sites is 1. The Morgan fingerprint density at radius 1 is 1.29 bits per heavy atom. The molecule has 1 rings (SSSR count). The van der Waals surface area contributed by atoms with Gasteiger partial charge in [-0.05, 0) is 6.07 Å². The topological polar surface area (TPSA) is 35.1 Å². The van der Waals surface area contributed by atoms with Crippen LogP contribution in [0, 0.1) is 7.05 Å². The summed E-state index contributed by atoms with van der Waals surface area (Å²) in [5.41, 5.74) is 1.16. The maximum atomic E-state index is 5.31. The van der Waals surface area contributed by atoms with Gasteiger partial charge in [-0.25, -0.2) is 0 Å². The number of ether oxygens (including phenoxy) is 2. The molecule has 0 heterocycles. The molecule has 0 atom stereocenters. The van der Waals surface area contributed by atoms with Crippen LogP contribution in [0.3, 0.4) is 0 Å². The van der Waals surface area contributed by atoms with E-state index in [0.717, 1.165) is 30.0 Å². The van der Waals surface area contributed by atoms with Crippen LogP contribution >= 0.6 is 0 Å².